The molecule has 0 aromatic rings. The van der Waals surface area contributed by atoms with Crippen LogP contribution in [0.3, 0.4) is 0 Å². The summed E-state index contributed by atoms with van der Waals surface area (Å²) in [5, 5.41) is 0. The minimum atomic E-state index is 0. The Labute approximate surface area is 548 Å². The molecule has 0 aliphatic heterocycles. The van der Waals surface area contributed by atoms with E-state index in [1.165, 1.54) is 161 Å². The highest BCUT2D eigenvalue weighted by Gasteiger charge is 1.42. The maximum atomic E-state index is 2.12. The van der Waals surface area contributed by atoms with E-state index in [1.807, 2.05) is 0 Å². The molecule has 0 radical (unpaired) electrons. The highest BCUT2D eigenvalue weighted by Crippen LogP contribution is 1.63. The largest absolute Gasteiger partial charge is 0.0776 e. The molecule has 0 aromatic carbocycles. The second-order valence-corrected chi connectivity index (χ2v) is 17.7. The molecule has 0 unspecified atom stereocenters. The van der Waals surface area contributed by atoms with Gasteiger partial charge < -0.3 is 0 Å². The lowest BCUT2D eigenvalue weighted by Gasteiger charge is -1.48. The average Bonchev–Trinajstić information content (AvgIpc) is 3.28. The van der Waals surface area contributed by atoms with E-state index in [0.29, 0.717) is 0 Å². The molecule has 0 nitrogen and oxygen atoms in total. The molecule has 0 fully saturated rings. The van der Waals surface area contributed by atoms with Gasteiger partial charge in [-0.15, -0.1) is 0 Å². The van der Waals surface area contributed by atoms with Crippen LogP contribution in [0.15, 0.2) is 0 Å². The first-order chi connectivity index (χ1) is 35.4. The normalized spacial score (nSPS) is 5.56. The molecule has 0 rings (SSSR count). The van der Waals surface area contributed by atoms with E-state index in [0.717, 1.165) is 0 Å². The summed E-state index contributed by atoms with van der Waals surface area (Å²) in [4.78, 5) is 0. The van der Waals surface area contributed by atoms with Crippen molar-refractivity contribution in [3.63, 3.8) is 0 Å². The van der Waals surface area contributed by atoms with Crippen molar-refractivity contribution in [2.24, 2.45) is 0 Å². The summed E-state index contributed by atoms with van der Waals surface area (Å²) in [6, 6.07) is 0. The molecule has 0 aliphatic rings. The minimum absolute atomic E-state index is 0. The van der Waals surface area contributed by atoms with E-state index in [9.17, 15) is 0 Å². The van der Waals surface area contributed by atoms with E-state index < -0.39 is 0 Å². The first-order valence-corrected chi connectivity index (χ1v) is 35.4. The van der Waals surface area contributed by atoms with Gasteiger partial charge in [-0.2, -0.15) is 0 Å². The molecular weight excluding hydrogens is 973 g/mol. The predicted molar refractivity (Wildman–Crippen MR) is 440 cm³/mol. The Balaban J connectivity index is -0.0000000111. The average molecular weight is 1200 g/mol. The maximum Gasteiger partial charge on any atom is -0.0590 e. The van der Waals surface area contributed by atoms with E-state index in [2.05, 4.69) is 346 Å². The summed E-state index contributed by atoms with van der Waals surface area (Å²) in [6.07, 6.45) is 31.2. The van der Waals surface area contributed by atoms with Gasteiger partial charge in [0.25, 0.3) is 0 Å². The van der Waals surface area contributed by atoms with Crippen molar-refractivity contribution < 1.29 is 0 Å². The van der Waals surface area contributed by atoms with Crippen LogP contribution in [0.5, 0.6) is 0 Å². The highest BCUT2D eigenvalue weighted by atomic mass is 13.5. The van der Waals surface area contributed by atoms with Crippen LogP contribution in [0.4, 0.5) is 0 Å². The van der Waals surface area contributed by atoms with Crippen molar-refractivity contribution in [3.05, 3.63) is 0 Å². The molecule has 0 saturated carbocycles. The molecule has 0 heteroatoms. The molecule has 81 heavy (non-hydrogen) atoms. The fourth-order valence-corrected chi connectivity index (χ4v) is 0. The van der Waals surface area contributed by atoms with Crippen LogP contribution in [-0.2, 0) is 0 Å². The van der Waals surface area contributed by atoms with Crippen molar-refractivity contribution in [1.29, 1.82) is 0 Å². The Kier molecular flexibility index (Phi) is 2050. The molecule has 0 aromatic heterocycles. The molecule has 0 atom stereocenters. The van der Waals surface area contributed by atoms with Gasteiger partial charge in [0.05, 0.1) is 0 Å². The zero-order valence-corrected chi connectivity index (χ0v) is 67.7. The summed E-state index contributed by atoms with van der Waals surface area (Å²) in [6.45, 7) is 106. The third-order valence-corrected chi connectivity index (χ3v) is 0. The van der Waals surface area contributed by atoms with Gasteiger partial charge in [0.1, 0.15) is 0 Å². The predicted octanol–water partition coefficient (Wildman–Crippen LogP) is 39.2. The second kappa shape index (κ2) is 799. The van der Waals surface area contributed by atoms with Crippen LogP contribution in [0.25, 0.3) is 0 Å². The third-order valence-electron chi connectivity index (χ3n) is 0. The summed E-state index contributed by atoms with van der Waals surface area (Å²) < 4.78 is 0. The first-order valence-electron chi connectivity index (χ1n) is 35.4. The Morgan fingerprint density at radius 3 is 0.0617 bits per heavy atom. The molecule has 0 heterocycles. The van der Waals surface area contributed by atoms with Crippen molar-refractivity contribution in [2.45, 2.75) is 551 Å². The van der Waals surface area contributed by atoms with Crippen LogP contribution in [-0.4, -0.2) is 0 Å². The van der Waals surface area contributed by atoms with Crippen LogP contribution in [0, 0.1) is 0 Å². The number of rotatable bonds is 0. The lowest BCUT2D eigenvalue weighted by molar-refractivity contribution is 1.09. The lowest BCUT2D eigenvalue weighted by atomic mass is 10.6. The fourth-order valence-electron chi connectivity index (χ4n) is 0. The number of hydrogen-bond donors (Lipinski definition) is 0. The smallest absolute Gasteiger partial charge is 0.0590 e. The van der Waals surface area contributed by atoms with Gasteiger partial charge in [0.2, 0.25) is 0 Å². The van der Waals surface area contributed by atoms with E-state index in [4.69, 9.17) is 0 Å². The van der Waals surface area contributed by atoms with Gasteiger partial charge in [-0.25, -0.2) is 0 Å². The van der Waals surface area contributed by atoms with Gasteiger partial charge in [-0.3, -0.25) is 0 Å². The Morgan fingerprint density at radius 2 is 0.0617 bits per heavy atom. The summed E-state index contributed by atoms with van der Waals surface area (Å²) in [7, 11) is 0. The van der Waals surface area contributed by atoms with E-state index in [-0.39, 0.29) is 44.6 Å². The van der Waals surface area contributed by atoms with Crippen LogP contribution >= 0.6 is 0 Å². The lowest BCUT2D eigenvalue weighted by Crippen LogP contribution is -1.27. The van der Waals surface area contributed by atoms with Crippen LogP contribution in [0.1, 0.15) is 551 Å². The third kappa shape index (κ3) is 0. The Hall–Kier alpha value is 0. The SMILES string of the molecule is C.C.C.C.C.C.CCC.CCC.CCC.CCC.CCC.CCC.CCC.CCC.CCC.CCC.CCC.CCC.CCC.CCC.CCC.CCC.CCC.CCC.CCC.CCC.CCC.CCC.CCC.CCC.CCC. The monoisotopic (exact) mass is 1200 g/mol. The Morgan fingerprint density at radius 1 is 0.0617 bits per heavy atom. The maximum absolute atomic E-state index is 2.12. The summed E-state index contributed by atoms with van der Waals surface area (Å²) in [5.41, 5.74) is 0. The van der Waals surface area contributed by atoms with E-state index in [1.54, 1.807) is 0 Å². The second-order valence-electron chi connectivity index (χ2n) is 17.7. The molecular formula is C81H224. The molecule has 0 amide bonds. The molecule has 548 valence electrons. The summed E-state index contributed by atoms with van der Waals surface area (Å²) in [5.74, 6) is 0. The van der Waals surface area contributed by atoms with Crippen LogP contribution < -0.4 is 0 Å². The number of hydrogen-bond acceptors (Lipinski definition) is 0. The van der Waals surface area contributed by atoms with Gasteiger partial charge in [-0.05, 0) is 0 Å². The van der Waals surface area contributed by atoms with Crippen molar-refractivity contribution in [1.82, 2.24) is 0 Å². The zero-order valence-electron chi connectivity index (χ0n) is 67.7. The molecule has 0 saturated heterocycles. The van der Waals surface area contributed by atoms with Crippen molar-refractivity contribution in [2.75, 3.05) is 0 Å². The minimum Gasteiger partial charge on any atom is -0.0776 e. The van der Waals surface area contributed by atoms with Gasteiger partial charge >= 0.3 is 0 Å². The highest BCUT2D eigenvalue weighted by molar-refractivity contribution is 3.99. The topological polar surface area (TPSA) is 0 Å². The Bertz CT molecular complexity index is 116. The van der Waals surface area contributed by atoms with Gasteiger partial charge in [0, 0.05) is 0 Å². The van der Waals surface area contributed by atoms with Crippen molar-refractivity contribution in [3.8, 4) is 0 Å². The van der Waals surface area contributed by atoms with Crippen LogP contribution in [0.2, 0.25) is 0 Å². The van der Waals surface area contributed by atoms with Crippen molar-refractivity contribution >= 4 is 0 Å². The standard InChI is InChI=1S/25C3H8.6CH4/c25*1-3-2;;;;;;/h25*3H2,1-2H3;6*1H4. The fraction of sp³-hybridized carbons (Fsp3) is 1.00. The van der Waals surface area contributed by atoms with Gasteiger partial charge in [-0.1, -0.05) is 551 Å². The van der Waals surface area contributed by atoms with E-state index >= 15 is 0 Å². The molecule has 0 N–H and O–H groups in total. The van der Waals surface area contributed by atoms with Gasteiger partial charge in [0.15, 0.2) is 0 Å². The summed E-state index contributed by atoms with van der Waals surface area (Å²) >= 11 is 0. The quantitative estimate of drug-likeness (QED) is 0.227. The molecule has 0 spiro atoms. The zero-order chi connectivity index (χ0) is 67.7. The molecule has 0 bridgehead atoms. The molecule has 0 aliphatic carbocycles. The first kappa shape index (κ1) is 207.